The number of allylic oxidation sites excluding steroid dienone is 1. The normalized spacial score (nSPS) is 17.8. The molecule has 8 aromatic rings. The van der Waals surface area contributed by atoms with Crippen LogP contribution in [0, 0.1) is 16.7 Å². The van der Waals surface area contributed by atoms with Crippen molar-refractivity contribution >= 4 is 49.7 Å². The van der Waals surface area contributed by atoms with E-state index in [0.29, 0.717) is 56.6 Å². The van der Waals surface area contributed by atoms with E-state index in [1.807, 2.05) is 102 Å². The van der Waals surface area contributed by atoms with Gasteiger partial charge in [0.15, 0.2) is 0 Å². The summed E-state index contributed by atoms with van der Waals surface area (Å²) in [5.41, 5.74) is 6.06. The lowest BCUT2D eigenvalue weighted by molar-refractivity contribution is -0.0890. The van der Waals surface area contributed by atoms with E-state index in [1.54, 1.807) is 18.3 Å². The molecule has 3 aliphatic heterocycles. The minimum Gasteiger partial charge on any atom is -0.489 e. The Labute approximate surface area is 495 Å². The minimum atomic E-state index is -4.60. The molecule has 1 aliphatic carbocycles. The Morgan fingerprint density at radius 3 is 2.05 bits per heavy atom. The number of nitriles is 1. The van der Waals surface area contributed by atoms with Crippen molar-refractivity contribution in [1.82, 2.24) is 24.3 Å². The Balaban J connectivity index is 0.852. The third-order valence-corrected chi connectivity index (χ3v) is 18.9. The number of amides is 1. The molecule has 1 aromatic heterocycles. The molecule has 4 aliphatic rings. The van der Waals surface area contributed by atoms with Crippen LogP contribution in [-0.4, -0.2) is 111 Å². The van der Waals surface area contributed by atoms with Crippen LogP contribution >= 0.6 is 11.6 Å². The molecule has 0 bridgehead atoms. The lowest BCUT2D eigenvalue weighted by Crippen LogP contribution is -2.55. The van der Waals surface area contributed by atoms with Crippen molar-refractivity contribution < 1.29 is 31.8 Å². The van der Waals surface area contributed by atoms with Gasteiger partial charge in [0, 0.05) is 62.6 Å². The van der Waals surface area contributed by atoms with Crippen LogP contribution in [0.3, 0.4) is 0 Å². The summed E-state index contributed by atoms with van der Waals surface area (Å²) in [5.74, 6) is -0.382. The average Bonchev–Trinajstić information content (AvgIpc) is 1.57. The zero-order valence-electron chi connectivity index (χ0n) is 47.2. The molecular weight excluding hydrogens is 1100 g/mol. The van der Waals surface area contributed by atoms with Crippen LogP contribution in [0.15, 0.2) is 187 Å². The number of benzene rings is 7. The second-order valence-corrected chi connectivity index (χ2v) is 25.5. The number of piperazine rings is 1. The number of aromatic nitrogens is 2. The lowest BCUT2D eigenvalue weighted by atomic mass is 9.72. The molecule has 0 radical (unpaired) electrons. The second-order valence-electron chi connectivity index (χ2n) is 23.4. The van der Waals surface area contributed by atoms with E-state index >= 15 is 4.39 Å². The molecule has 0 spiro atoms. The summed E-state index contributed by atoms with van der Waals surface area (Å²) in [6, 6.07) is 55.9. The molecule has 84 heavy (non-hydrogen) atoms. The van der Waals surface area contributed by atoms with Gasteiger partial charge in [-0.25, -0.2) is 22.2 Å². The predicted molar refractivity (Wildman–Crippen MR) is 326 cm³/mol. The van der Waals surface area contributed by atoms with Gasteiger partial charge in [0.25, 0.3) is 15.9 Å². The SMILES string of the molecule is CC1(C)CCC(CN2CCN(c3ccc(C(=O)NS(=O)(=O)c4ccc(OCC5(F)CCN(C6COC6)CC5)c(C#N)c4)c(Oc4cccc5c4cnn5C(c4ccccc4)(c4ccccc4)c4ccccc4)c3)CC2)=C(c2ccc(Cl)cc2)C1. The number of rotatable bonds is 17. The molecule has 16 heteroatoms. The maximum absolute atomic E-state index is 16.0. The smallest absolute Gasteiger partial charge is 0.268 e. The fourth-order valence-electron chi connectivity index (χ4n) is 12.5. The summed E-state index contributed by atoms with van der Waals surface area (Å²) in [7, 11) is -4.60. The van der Waals surface area contributed by atoms with Crippen LogP contribution < -0.4 is 19.1 Å². The minimum absolute atomic E-state index is 0.0379. The number of anilines is 1. The van der Waals surface area contributed by atoms with Gasteiger partial charge in [0.2, 0.25) is 0 Å². The molecular formula is C68H67ClFN7O6S. The number of ether oxygens (including phenoxy) is 3. The van der Waals surface area contributed by atoms with E-state index in [9.17, 15) is 18.5 Å². The zero-order chi connectivity index (χ0) is 58.1. The summed E-state index contributed by atoms with van der Waals surface area (Å²) >= 11 is 6.33. The number of sulfonamides is 1. The van der Waals surface area contributed by atoms with Crippen LogP contribution in [0.4, 0.5) is 10.1 Å². The molecule has 0 saturated carbocycles. The van der Waals surface area contributed by atoms with Crippen molar-refractivity contribution in [3.63, 3.8) is 0 Å². The Morgan fingerprint density at radius 2 is 1.43 bits per heavy atom. The standard InChI is InChI=1S/C68H67ClFN7O6S/c1-66(2)30-29-49(59(41-66)48-21-23-54(69)24-22-48)44-74-35-37-76(38-36-74)55-25-27-58(65(78)73-84(79,80)57-26-28-62(50(39-57)42-71)82-47-67(70)31-33-75(34-32-67)56-45-81-46-56)64(40-55)83-63-20-12-19-61-60(63)43-72-77(61)68(51-13-6-3-7-14-51,52-15-8-4-9-16-52)53-17-10-5-11-18-53/h3-28,39-40,43,56H,29-38,41,44-47H2,1-2H3,(H,73,78). The number of carbonyl (C=O) groups is 1. The van der Waals surface area contributed by atoms with Crippen LogP contribution in [0.5, 0.6) is 17.2 Å². The van der Waals surface area contributed by atoms with Crippen LogP contribution in [0.2, 0.25) is 5.02 Å². The summed E-state index contributed by atoms with van der Waals surface area (Å²) in [5, 5.41) is 16.8. The molecule has 12 rings (SSSR count). The summed E-state index contributed by atoms with van der Waals surface area (Å²) < 4.78 is 67.0. The predicted octanol–water partition coefficient (Wildman–Crippen LogP) is 12.7. The van der Waals surface area contributed by atoms with Crippen molar-refractivity contribution in [3.8, 4) is 23.3 Å². The van der Waals surface area contributed by atoms with Crippen molar-refractivity contribution in [2.75, 3.05) is 70.5 Å². The number of halogens is 2. The van der Waals surface area contributed by atoms with E-state index in [-0.39, 0.29) is 52.4 Å². The van der Waals surface area contributed by atoms with Crippen molar-refractivity contribution in [3.05, 3.63) is 220 Å². The van der Waals surface area contributed by atoms with E-state index < -0.39 is 27.1 Å². The molecule has 3 saturated heterocycles. The van der Waals surface area contributed by atoms with Gasteiger partial charge >= 0.3 is 0 Å². The topological polar surface area (TPSA) is 142 Å². The summed E-state index contributed by atoms with van der Waals surface area (Å²) in [6.45, 7) is 10.6. The fourth-order valence-corrected chi connectivity index (χ4v) is 13.6. The first-order valence-corrected chi connectivity index (χ1v) is 30.7. The summed E-state index contributed by atoms with van der Waals surface area (Å²) in [4.78, 5) is 21.3. The Bertz CT molecular complexity index is 3780. The number of hydrogen-bond donors (Lipinski definition) is 1. The van der Waals surface area contributed by atoms with Crippen LogP contribution in [0.25, 0.3) is 16.5 Å². The van der Waals surface area contributed by atoms with Crippen LogP contribution in [0.1, 0.15) is 84.1 Å². The maximum Gasteiger partial charge on any atom is 0.268 e. The molecule has 430 valence electrons. The molecule has 3 fully saturated rings. The van der Waals surface area contributed by atoms with Crippen molar-refractivity contribution in [1.29, 1.82) is 5.26 Å². The first-order valence-electron chi connectivity index (χ1n) is 28.8. The molecule has 0 atom stereocenters. The van der Waals surface area contributed by atoms with Gasteiger partial charge in [-0.05, 0) is 120 Å². The lowest BCUT2D eigenvalue weighted by Gasteiger charge is -2.43. The third kappa shape index (κ3) is 11.6. The average molecular weight is 1160 g/mol. The van der Waals surface area contributed by atoms with Gasteiger partial charge in [-0.1, -0.05) is 140 Å². The van der Waals surface area contributed by atoms with Crippen molar-refractivity contribution in [2.24, 2.45) is 5.41 Å². The highest BCUT2D eigenvalue weighted by Crippen LogP contribution is 2.46. The van der Waals surface area contributed by atoms with E-state index in [2.05, 4.69) is 81.8 Å². The number of fused-ring (bicyclic) bond motifs is 1. The number of piperidine rings is 1. The Hall–Kier alpha value is -7.84. The van der Waals surface area contributed by atoms with Gasteiger partial charge in [-0.2, -0.15) is 10.4 Å². The maximum atomic E-state index is 16.0. The number of hydrogen-bond acceptors (Lipinski definition) is 11. The Kier molecular flexibility index (Phi) is 16.0. The molecule has 13 nitrogen and oxygen atoms in total. The summed E-state index contributed by atoms with van der Waals surface area (Å²) in [6.07, 6.45) is 5.43. The van der Waals surface area contributed by atoms with Gasteiger partial charge in [-0.3, -0.25) is 14.6 Å². The van der Waals surface area contributed by atoms with E-state index in [1.165, 1.54) is 28.8 Å². The van der Waals surface area contributed by atoms with Crippen LogP contribution in [-0.2, 0) is 20.3 Å². The van der Waals surface area contributed by atoms with Gasteiger partial charge in [-0.15, -0.1) is 0 Å². The Morgan fingerprint density at radius 1 is 0.774 bits per heavy atom. The zero-order valence-corrected chi connectivity index (χ0v) is 48.8. The van der Waals surface area contributed by atoms with Gasteiger partial charge in [0.05, 0.1) is 52.4 Å². The molecule has 4 heterocycles. The highest BCUT2D eigenvalue weighted by atomic mass is 35.5. The highest BCUT2D eigenvalue weighted by molar-refractivity contribution is 7.90. The number of nitrogens with one attached hydrogen (secondary N) is 1. The molecule has 7 aromatic carbocycles. The van der Waals surface area contributed by atoms with Gasteiger partial charge in [0.1, 0.15) is 41.1 Å². The third-order valence-electron chi connectivity index (χ3n) is 17.4. The number of alkyl halides is 1. The van der Waals surface area contributed by atoms with E-state index in [4.69, 9.17) is 30.9 Å². The molecule has 1 amide bonds. The monoisotopic (exact) mass is 1160 g/mol. The van der Waals surface area contributed by atoms with Crippen molar-refractivity contribution in [2.45, 2.75) is 68.1 Å². The largest absolute Gasteiger partial charge is 0.489 e. The number of nitrogens with zero attached hydrogens (tertiary/aromatic N) is 6. The number of carbonyl (C=O) groups excluding carboxylic acids is 1. The van der Waals surface area contributed by atoms with E-state index in [0.717, 1.165) is 77.9 Å². The first kappa shape index (κ1) is 56.6. The second kappa shape index (κ2) is 23.7. The molecule has 1 N–H and O–H groups in total. The quantitative estimate of drug-likeness (QED) is 0.0871. The first-order chi connectivity index (χ1) is 40.7. The van der Waals surface area contributed by atoms with Gasteiger partial charge < -0.3 is 19.1 Å². The molecule has 0 unspecified atom stereocenters. The number of likely N-dealkylation sites (tertiary alicyclic amines) is 1. The fraction of sp³-hybridized carbons (Fsp3) is 0.309. The highest BCUT2D eigenvalue weighted by Gasteiger charge is 2.42.